The topological polar surface area (TPSA) is 108 Å². The molecule has 3 aliphatic rings. The van der Waals surface area contributed by atoms with Crippen molar-refractivity contribution in [2.45, 2.75) is 103 Å². The lowest BCUT2D eigenvalue weighted by Gasteiger charge is -2.38. The number of ether oxygens (including phenoxy) is 1. The molecule has 3 rings (SSSR count). The van der Waals surface area contributed by atoms with Crippen molar-refractivity contribution in [3.05, 3.63) is 0 Å². The molecule has 2 unspecified atom stereocenters. The van der Waals surface area contributed by atoms with E-state index in [0.717, 1.165) is 6.42 Å². The van der Waals surface area contributed by atoms with Crippen LogP contribution in [0.4, 0.5) is 0 Å². The van der Waals surface area contributed by atoms with E-state index in [-0.39, 0.29) is 29.7 Å². The number of hydrogen-bond acceptors (Lipinski definition) is 5. The number of unbranched alkanes of at least 4 members (excludes halogenated alkanes) is 1. The van der Waals surface area contributed by atoms with Crippen LogP contribution in [0.2, 0.25) is 0 Å². The quantitative estimate of drug-likeness (QED) is 0.452. The van der Waals surface area contributed by atoms with Crippen molar-refractivity contribution in [1.29, 1.82) is 0 Å². The Kier molecular flexibility index (Phi) is 6.95. The van der Waals surface area contributed by atoms with Crippen molar-refractivity contribution < 1.29 is 24.2 Å². The van der Waals surface area contributed by atoms with Crippen LogP contribution in [-0.2, 0) is 19.1 Å². The molecule has 0 radical (unpaired) electrons. The number of aliphatic hydroxyl groups excluding tert-OH is 1. The number of carbonyl (C=O) groups excluding carboxylic acids is 3. The molecule has 2 bridgehead atoms. The Morgan fingerprint density at radius 1 is 1.15 bits per heavy atom. The Morgan fingerprint density at radius 3 is 2.36 bits per heavy atom. The lowest BCUT2D eigenvalue weighted by Crippen LogP contribution is -2.59. The average Bonchev–Trinajstić information content (AvgIpc) is 3.29. The molecule has 0 aromatic carbocycles. The van der Waals surface area contributed by atoms with E-state index < -0.39 is 34.6 Å². The number of hydrogen-bond donors (Lipinski definition) is 3. The third-order valence-corrected chi connectivity index (χ3v) is 7.70. The maximum Gasteiger partial charge on any atom is 0.246 e. The van der Waals surface area contributed by atoms with Crippen LogP contribution in [0.5, 0.6) is 0 Å². The van der Waals surface area contributed by atoms with Crippen molar-refractivity contribution in [3.8, 4) is 0 Å². The smallest absolute Gasteiger partial charge is 0.246 e. The summed E-state index contributed by atoms with van der Waals surface area (Å²) >= 11 is 0. The molecule has 8 heteroatoms. The van der Waals surface area contributed by atoms with Crippen LogP contribution in [-0.4, -0.2) is 70.7 Å². The van der Waals surface area contributed by atoms with E-state index in [1.165, 1.54) is 0 Å². The Morgan fingerprint density at radius 2 is 1.82 bits per heavy atom. The largest absolute Gasteiger partial charge is 0.396 e. The van der Waals surface area contributed by atoms with Gasteiger partial charge in [0.25, 0.3) is 0 Å². The second kappa shape index (κ2) is 8.84. The summed E-state index contributed by atoms with van der Waals surface area (Å²) in [5.74, 6) is -1.85. The lowest BCUT2D eigenvalue weighted by atomic mass is 9.65. The number of amides is 3. The first-order valence-corrected chi connectivity index (χ1v) is 12.4. The minimum atomic E-state index is -0.995. The first-order valence-electron chi connectivity index (χ1n) is 12.4. The predicted octanol–water partition coefficient (Wildman–Crippen LogP) is 1.99. The zero-order valence-corrected chi connectivity index (χ0v) is 21.4. The van der Waals surface area contributed by atoms with E-state index >= 15 is 0 Å². The summed E-state index contributed by atoms with van der Waals surface area (Å²) in [6.07, 6.45) is 3.76. The first kappa shape index (κ1) is 25.9. The fourth-order valence-corrected chi connectivity index (χ4v) is 6.98. The Bertz CT molecular complexity index is 791. The highest BCUT2D eigenvalue weighted by Crippen LogP contribution is 2.64. The van der Waals surface area contributed by atoms with Gasteiger partial charge in [-0.25, -0.2) is 0 Å². The second-order valence-corrected chi connectivity index (χ2v) is 12.0. The van der Waals surface area contributed by atoms with E-state index in [9.17, 15) is 19.5 Å². The monoisotopic (exact) mass is 465 g/mol. The van der Waals surface area contributed by atoms with Crippen LogP contribution in [0, 0.1) is 17.3 Å². The molecule has 0 aliphatic carbocycles. The number of aliphatic hydroxyl groups is 1. The van der Waals surface area contributed by atoms with Gasteiger partial charge in [0.1, 0.15) is 11.6 Å². The zero-order chi connectivity index (χ0) is 24.8. The number of likely N-dealkylation sites (tertiary alicyclic amines) is 1. The minimum Gasteiger partial charge on any atom is -0.396 e. The van der Waals surface area contributed by atoms with Gasteiger partial charge in [-0.15, -0.1) is 0 Å². The summed E-state index contributed by atoms with van der Waals surface area (Å²) in [5, 5.41) is 15.2. The molecule has 188 valence electrons. The molecular formula is C25H43N3O5. The minimum absolute atomic E-state index is 0.0167. The summed E-state index contributed by atoms with van der Waals surface area (Å²) in [6.45, 7) is 12.8. The molecule has 3 aliphatic heterocycles. The molecule has 3 amide bonds. The fraction of sp³-hybridized carbons (Fsp3) is 0.880. The van der Waals surface area contributed by atoms with Crippen LogP contribution in [0.25, 0.3) is 0 Å². The lowest BCUT2D eigenvalue weighted by molar-refractivity contribution is -0.148. The zero-order valence-electron chi connectivity index (χ0n) is 21.4. The van der Waals surface area contributed by atoms with Gasteiger partial charge < -0.3 is 25.4 Å². The molecule has 33 heavy (non-hydrogen) atoms. The molecule has 1 spiro atoms. The van der Waals surface area contributed by atoms with E-state index in [1.807, 2.05) is 20.8 Å². The first-order chi connectivity index (χ1) is 15.3. The van der Waals surface area contributed by atoms with Crippen LogP contribution < -0.4 is 10.6 Å². The van der Waals surface area contributed by atoms with Gasteiger partial charge in [-0.05, 0) is 57.8 Å². The number of nitrogens with one attached hydrogen (secondary N) is 2. The molecule has 5 atom stereocenters. The van der Waals surface area contributed by atoms with E-state index in [0.29, 0.717) is 38.6 Å². The van der Waals surface area contributed by atoms with Gasteiger partial charge in [-0.2, -0.15) is 0 Å². The predicted molar refractivity (Wildman–Crippen MR) is 125 cm³/mol. The average molecular weight is 466 g/mol. The SMILES string of the molecule is CC[C@@]12CCC3(O1)C(C(=O)NC(C)(C)CC(C)(C)C)N(CCCCO)C(=O)[C@@H]3[C@@H]2C(=O)NC. The fourth-order valence-electron chi connectivity index (χ4n) is 6.98. The van der Waals surface area contributed by atoms with E-state index in [1.54, 1.807) is 11.9 Å². The molecule has 8 nitrogen and oxygen atoms in total. The van der Waals surface area contributed by atoms with Crippen molar-refractivity contribution in [3.63, 3.8) is 0 Å². The Hall–Kier alpha value is -1.67. The molecule has 3 N–H and O–H groups in total. The van der Waals surface area contributed by atoms with E-state index in [4.69, 9.17) is 4.74 Å². The van der Waals surface area contributed by atoms with Crippen LogP contribution in [0.1, 0.15) is 80.1 Å². The molecule has 3 saturated heterocycles. The highest BCUT2D eigenvalue weighted by Gasteiger charge is 2.78. The van der Waals surface area contributed by atoms with Gasteiger partial charge >= 0.3 is 0 Å². The Balaban J connectivity index is 2.00. The van der Waals surface area contributed by atoms with Crippen molar-refractivity contribution >= 4 is 17.7 Å². The Labute approximate surface area is 198 Å². The van der Waals surface area contributed by atoms with Gasteiger partial charge in [0.2, 0.25) is 17.7 Å². The van der Waals surface area contributed by atoms with Crippen LogP contribution in [0.15, 0.2) is 0 Å². The van der Waals surface area contributed by atoms with E-state index in [2.05, 4.69) is 31.4 Å². The molecular weight excluding hydrogens is 422 g/mol. The number of nitrogens with zero attached hydrogens (tertiary/aromatic N) is 1. The molecule has 3 fully saturated rings. The maximum atomic E-state index is 13.9. The molecule has 0 aromatic rings. The summed E-state index contributed by atoms with van der Waals surface area (Å²) in [7, 11) is 1.59. The third kappa shape index (κ3) is 4.41. The van der Waals surface area contributed by atoms with Crippen molar-refractivity contribution in [1.82, 2.24) is 15.5 Å². The third-order valence-electron chi connectivity index (χ3n) is 7.70. The molecule has 0 aromatic heterocycles. The normalized spacial score (nSPS) is 33.4. The highest BCUT2D eigenvalue weighted by atomic mass is 16.5. The summed E-state index contributed by atoms with van der Waals surface area (Å²) < 4.78 is 6.68. The van der Waals surface area contributed by atoms with Crippen LogP contribution in [0.3, 0.4) is 0 Å². The number of rotatable bonds is 9. The summed E-state index contributed by atoms with van der Waals surface area (Å²) in [6, 6.07) is -0.781. The van der Waals surface area contributed by atoms with Gasteiger partial charge in [0.15, 0.2) is 0 Å². The van der Waals surface area contributed by atoms with Crippen LogP contribution >= 0.6 is 0 Å². The van der Waals surface area contributed by atoms with Gasteiger partial charge in [0.05, 0.1) is 17.4 Å². The molecule has 3 heterocycles. The summed E-state index contributed by atoms with van der Waals surface area (Å²) in [5.41, 5.74) is -2.16. The summed E-state index contributed by atoms with van der Waals surface area (Å²) in [4.78, 5) is 42.3. The van der Waals surface area contributed by atoms with Gasteiger partial charge in [-0.3, -0.25) is 14.4 Å². The van der Waals surface area contributed by atoms with Gasteiger partial charge in [-0.1, -0.05) is 27.7 Å². The number of carbonyl (C=O) groups is 3. The van der Waals surface area contributed by atoms with Crippen molar-refractivity contribution in [2.24, 2.45) is 17.3 Å². The number of fused-ring (bicyclic) bond motifs is 1. The van der Waals surface area contributed by atoms with Crippen molar-refractivity contribution in [2.75, 3.05) is 20.2 Å². The second-order valence-electron chi connectivity index (χ2n) is 12.0. The standard InChI is InChI=1S/C25H43N3O5/c1-8-24-11-12-25(33-24)17(16(24)19(30)26-7)21(32)28(13-9-10-14-29)18(25)20(31)27-23(5,6)15-22(2,3)4/h16-18,29H,8-15H2,1-7H3,(H,26,30)(H,27,31)/t16-,17+,18?,24+,25?/m1/s1. The van der Waals surface area contributed by atoms with Gasteiger partial charge in [0, 0.05) is 25.7 Å². The molecule has 0 saturated carbocycles. The maximum absolute atomic E-state index is 13.9. The highest BCUT2D eigenvalue weighted by molar-refractivity contribution is 5.99.